The molecule has 0 unspecified atom stereocenters. The second-order valence-electron chi connectivity index (χ2n) is 12.4. The van der Waals surface area contributed by atoms with Gasteiger partial charge in [-0.2, -0.15) is 0 Å². The van der Waals surface area contributed by atoms with E-state index in [0.717, 1.165) is 39.0 Å². The lowest BCUT2D eigenvalue weighted by atomic mass is 10.0. The number of fused-ring (bicyclic) bond motifs is 14. The molecule has 4 aromatic heterocycles. The highest BCUT2D eigenvalue weighted by molar-refractivity contribution is 6.24. The fraction of sp³-hybridized carbons (Fsp3) is 0. The van der Waals surface area contributed by atoms with E-state index in [1.165, 1.54) is 54.4 Å². The van der Waals surface area contributed by atoms with Crippen LogP contribution in [0.1, 0.15) is 0 Å². The van der Waals surface area contributed by atoms with Crippen molar-refractivity contribution < 1.29 is 0 Å². The van der Waals surface area contributed by atoms with Gasteiger partial charge in [-0.1, -0.05) is 84.9 Å². The number of hydrogen-bond donors (Lipinski definition) is 0. The van der Waals surface area contributed by atoms with Crippen LogP contribution in [-0.2, 0) is 0 Å². The molecule has 4 heteroatoms. The van der Waals surface area contributed by atoms with Crippen molar-refractivity contribution in [2.45, 2.75) is 0 Å². The second-order valence-corrected chi connectivity index (χ2v) is 12.4. The molecule has 4 heterocycles. The summed E-state index contributed by atoms with van der Waals surface area (Å²) >= 11 is 0. The predicted octanol–water partition coefficient (Wildman–Crippen LogP) is 11.0. The van der Waals surface area contributed by atoms with E-state index in [0.29, 0.717) is 0 Å². The van der Waals surface area contributed by atoms with Crippen LogP contribution < -0.4 is 0 Å². The molecule has 4 nitrogen and oxygen atoms in total. The van der Waals surface area contributed by atoms with Gasteiger partial charge in [0, 0.05) is 43.7 Å². The van der Waals surface area contributed by atoms with Crippen LogP contribution in [0.4, 0.5) is 0 Å². The smallest absolute Gasteiger partial charge is 0.146 e. The highest BCUT2D eigenvalue weighted by Crippen LogP contribution is 2.42. The lowest BCUT2D eigenvalue weighted by molar-refractivity contribution is 1.18. The molecule has 0 spiro atoms. The van der Waals surface area contributed by atoms with E-state index in [9.17, 15) is 0 Å². The van der Waals surface area contributed by atoms with Crippen molar-refractivity contribution in [3.05, 3.63) is 158 Å². The Labute approximate surface area is 268 Å². The van der Waals surface area contributed by atoms with Gasteiger partial charge in [0.25, 0.3) is 0 Å². The van der Waals surface area contributed by atoms with E-state index >= 15 is 0 Å². The first-order chi connectivity index (χ1) is 23.3. The predicted molar refractivity (Wildman–Crippen MR) is 196 cm³/mol. The molecule has 47 heavy (non-hydrogen) atoms. The van der Waals surface area contributed by atoms with Gasteiger partial charge in [-0.05, 0) is 78.2 Å². The Morgan fingerprint density at radius 2 is 0.787 bits per heavy atom. The number of aromatic nitrogens is 4. The summed E-state index contributed by atoms with van der Waals surface area (Å²) in [4.78, 5) is 5.30. The van der Waals surface area contributed by atoms with Gasteiger partial charge in [-0.25, -0.2) is 4.98 Å². The van der Waals surface area contributed by atoms with Crippen LogP contribution in [-0.4, -0.2) is 18.5 Å². The van der Waals surface area contributed by atoms with Crippen LogP contribution in [0.15, 0.2) is 158 Å². The zero-order chi connectivity index (χ0) is 30.6. The number of para-hydroxylation sites is 6. The maximum atomic E-state index is 5.30. The largest absolute Gasteiger partial charge is 0.309 e. The first-order valence-electron chi connectivity index (χ1n) is 16.1. The molecule has 0 saturated heterocycles. The zero-order valence-electron chi connectivity index (χ0n) is 25.3. The zero-order valence-corrected chi connectivity index (χ0v) is 25.3. The van der Waals surface area contributed by atoms with Crippen LogP contribution in [0.25, 0.3) is 93.3 Å². The summed E-state index contributed by atoms with van der Waals surface area (Å²) in [5.41, 5.74) is 11.3. The molecule has 0 aliphatic heterocycles. The van der Waals surface area contributed by atoms with Crippen LogP contribution in [0.3, 0.4) is 0 Å². The minimum Gasteiger partial charge on any atom is -0.309 e. The Kier molecular flexibility index (Phi) is 4.81. The van der Waals surface area contributed by atoms with Crippen molar-refractivity contribution in [1.29, 1.82) is 0 Å². The van der Waals surface area contributed by atoms with Crippen molar-refractivity contribution in [1.82, 2.24) is 18.5 Å². The second kappa shape index (κ2) is 9.09. The molecule has 0 fully saturated rings. The molecule has 0 atom stereocenters. The van der Waals surface area contributed by atoms with E-state index in [2.05, 4.69) is 171 Å². The normalized spacial score (nSPS) is 12.3. The summed E-state index contributed by atoms with van der Waals surface area (Å²) in [6.07, 6.45) is 0. The van der Waals surface area contributed by atoms with E-state index in [-0.39, 0.29) is 0 Å². The third-order valence-electron chi connectivity index (χ3n) is 9.96. The average molecular weight is 599 g/mol. The van der Waals surface area contributed by atoms with Gasteiger partial charge in [0.1, 0.15) is 5.65 Å². The van der Waals surface area contributed by atoms with Crippen molar-refractivity contribution in [3.8, 4) is 11.4 Å². The van der Waals surface area contributed by atoms with Gasteiger partial charge in [0.2, 0.25) is 0 Å². The summed E-state index contributed by atoms with van der Waals surface area (Å²) in [6, 6.07) is 57.0. The van der Waals surface area contributed by atoms with Crippen LogP contribution in [0.5, 0.6) is 0 Å². The number of pyridine rings is 1. The monoisotopic (exact) mass is 598 g/mol. The van der Waals surface area contributed by atoms with Crippen molar-refractivity contribution in [2.75, 3.05) is 0 Å². The maximum absolute atomic E-state index is 5.30. The molecule has 11 rings (SSSR count). The molecule has 0 radical (unpaired) electrons. The minimum absolute atomic E-state index is 0.978. The highest BCUT2D eigenvalue weighted by Gasteiger charge is 2.21. The van der Waals surface area contributed by atoms with Crippen LogP contribution in [0, 0.1) is 0 Å². The van der Waals surface area contributed by atoms with Crippen molar-refractivity contribution in [2.24, 2.45) is 0 Å². The number of hydrogen-bond acceptors (Lipinski definition) is 1. The van der Waals surface area contributed by atoms with E-state index in [1.54, 1.807) is 0 Å². The number of nitrogens with zero attached hydrogens (tertiary/aromatic N) is 4. The Hall–Kier alpha value is -6.39. The fourth-order valence-corrected chi connectivity index (χ4v) is 7.99. The van der Waals surface area contributed by atoms with Gasteiger partial charge in [-0.15, -0.1) is 0 Å². The Morgan fingerprint density at radius 3 is 1.43 bits per heavy atom. The van der Waals surface area contributed by atoms with Crippen LogP contribution >= 0.6 is 0 Å². The summed E-state index contributed by atoms with van der Waals surface area (Å²) in [6.45, 7) is 0. The molecule has 0 saturated carbocycles. The number of benzene rings is 7. The molecular weight excluding hydrogens is 573 g/mol. The molecule has 11 aromatic rings. The molecule has 0 aliphatic rings. The summed E-state index contributed by atoms with van der Waals surface area (Å²) in [7, 11) is 0. The lowest BCUT2D eigenvalue weighted by Gasteiger charge is -2.13. The van der Waals surface area contributed by atoms with Gasteiger partial charge in [0.15, 0.2) is 0 Å². The minimum atomic E-state index is 0.978. The third kappa shape index (κ3) is 3.28. The van der Waals surface area contributed by atoms with Crippen molar-refractivity contribution in [3.63, 3.8) is 0 Å². The first-order valence-corrected chi connectivity index (χ1v) is 16.1. The highest BCUT2D eigenvalue weighted by atomic mass is 15.0. The van der Waals surface area contributed by atoms with Crippen LogP contribution in [0.2, 0.25) is 0 Å². The molecule has 0 amide bonds. The Morgan fingerprint density at radius 1 is 0.319 bits per heavy atom. The summed E-state index contributed by atoms with van der Waals surface area (Å²) < 4.78 is 7.18. The van der Waals surface area contributed by atoms with Gasteiger partial charge < -0.3 is 9.13 Å². The third-order valence-corrected chi connectivity index (χ3v) is 9.96. The fourth-order valence-electron chi connectivity index (χ4n) is 7.99. The molecule has 0 aliphatic carbocycles. The first kappa shape index (κ1) is 24.9. The summed E-state index contributed by atoms with van der Waals surface area (Å²) in [5.74, 6) is 0. The maximum Gasteiger partial charge on any atom is 0.146 e. The molecule has 218 valence electrons. The Balaban J connectivity index is 1.40. The molecule has 7 aromatic carbocycles. The van der Waals surface area contributed by atoms with E-state index in [4.69, 9.17) is 4.98 Å². The van der Waals surface area contributed by atoms with Crippen molar-refractivity contribution >= 4 is 82.0 Å². The summed E-state index contributed by atoms with van der Waals surface area (Å²) in [5, 5.41) is 8.52. The van der Waals surface area contributed by atoms with Gasteiger partial charge >= 0.3 is 0 Å². The van der Waals surface area contributed by atoms with E-state index in [1.807, 2.05) is 0 Å². The molecule has 0 bridgehead atoms. The standard InChI is InChI=1S/C43H26N4/c1-3-13-27(14-4-1)45-38-21-11-8-18-30(38)33-24-42-34(25-40(33)45)31-23-32-29-17-7-10-20-37(29)46(28-15-5-2-6-16-28)41(32)26-35(31)43-44-36-19-9-12-22-39(36)47(42)43/h1-26H. The SMILES string of the molecule is c1ccc(-n2c3ccccc3c3cc4c(cc32)c2cc3c5ccccc5n(-c5ccccc5)c3cc2c2nc3ccccc3n42)cc1. The van der Waals surface area contributed by atoms with Gasteiger partial charge in [0.05, 0.1) is 38.6 Å². The number of rotatable bonds is 2. The molecular formula is C43H26N4. The lowest BCUT2D eigenvalue weighted by Crippen LogP contribution is -1.96. The molecule has 0 N–H and O–H groups in total. The Bertz CT molecular complexity index is 3050. The van der Waals surface area contributed by atoms with E-state index < -0.39 is 0 Å². The average Bonchev–Trinajstić information content (AvgIpc) is 3.79. The number of imidazole rings is 1. The topological polar surface area (TPSA) is 27.2 Å². The van der Waals surface area contributed by atoms with Gasteiger partial charge in [-0.3, -0.25) is 4.40 Å². The quantitative estimate of drug-likeness (QED) is 0.182.